The van der Waals surface area contributed by atoms with E-state index in [2.05, 4.69) is 11.1 Å². The lowest BCUT2D eigenvalue weighted by Gasteiger charge is -1.89. The van der Waals surface area contributed by atoms with Gasteiger partial charge in [-0.3, -0.25) is 9.78 Å². The monoisotopic (exact) mass is 193 g/mol. The molecule has 0 aromatic carbocycles. The van der Waals surface area contributed by atoms with Gasteiger partial charge in [-0.15, -0.1) is 0 Å². The highest BCUT2D eigenvalue weighted by molar-refractivity contribution is 5.87. The minimum Gasteiger partial charge on any atom is -0.303 e. The van der Waals surface area contributed by atoms with Gasteiger partial charge >= 0.3 is 0 Å². The largest absolute Gasteiger partial charge is 0.303 e. The van der Waals surface area contributed by atoms with Crippen LogP contribution in [0.5, 0.6) is 0 Å². The molecule has 1 aromatic heterocycles. The van der Waals surface area contributed by atoms with Crippen molar-refractivity contribution < 1.29 is 9.59 Å². The highest BCUT2D eigenvalue weighted by Crippen LogP contribution is 1.94. The molecule has 3 nitrogen and oxygen atoms in total. The number of rotatable bonds is 2. The average Bonchev–Trinajstić information content (AvgIpc) is 2.11. The van der Waals surface area contributed by atoms with Crippen molar-refractivity contribution in [3.05, 3.63) is 29.6 Å². The van der Waals surface area contributed by atoms with Gasteiger partial charge in [0.2, 0.25) is 0 Å². The molecule has 3 heteroatoms. The number of nitrogens with zero attached hydrogens (tertiary/aromatic N) is 1. The quantitative estimate of drug-likeness (QED) is 0.532. The summed E-state index contributed by atoms with van der Waals surface area (Å²) in [7, 11) is 0. The van der Waals surface area contributed by atoms with Crippen LogP contribution < -0.4 is 0 Å². The number of carbonyl (C=O) groups excluding carboxylic acids is 2. The Morgan fingerprint density at radius 2 is 2.07 bits per heavy atom. The molecule has 0 bridgehead atoms. The summed E-state index contributed by atoms with van der Waals surface area (Å²) in [5.74, 6) is -0.0787. The van der Waals surface area contributed by atoms with Crippen LogP contribution in [0.2, 0.25) is 0 Å². The molecular formula is C11H15NO2. The second-order valence-corrected chi connectivity index (χ2v) is 3.05. The third kappa shape index (κ3) is 7.16. The van der Waals surface area contributed by atoms with Crippen molar-refractivity contribution in [3.8, 4) is 0 Å². The zero-order valence-electron chi connectivity index (χ0n) is 8.78. The topological polar surface area (TPSA) is 47.0 Å². The summed E-state index contributed by atoms with van der Waals surface area (Å²) in [6, 6.07) is 4.07. The highest BCUT2D eigenvalue weighted by atomic mass is 16.1. The summed E-state index contributed by atoms with van der Waals surface area (Å²) >= 11 is 0. The Kier molecular flexibility index (Phi) is 6.20. The fraction of sp³-hybridized carbons (Fsp3) is 0.364. The van der Waals surface area contributed by atoms with E-state index >= 15 is 0 Å². The van der Waals surface area contributed by atoms with E-state index in [1.54, 1.807) is 0 Å². The number of hydrogen-bond donors (Lipinski definition) is 0. The Morgan fingerprint density at radius 3 is 2.29 bits per heavy atom. The number of aryl methyl sites for hydroxylation is 2. The van der Waals surface area contributed by atoms with Crippen LogP contribution in [-0.4, -0.2) is 17.1 Å². The van der Waals surface area contributed by atoms with E-state index in [1.807, 2.05) is 26.1 Å². The predicted molar refractivity (Wildman–Crippen MR) is 55.1 cm³/mol. The molecule has 0 aliphatic rings. The third-order valence-electron chi connectivity index (χ3n) is 1.43. The number of carbonyl (C=O) groups is 2. The maximum atomic E-state index is 9.81. The van der Waals surface area contributed by atoms with Gasteiger partial charge < -0.3 is 4.79 Å². The van der Waals surface area contributed by atoms with Crippen LogP contribution in [0.15, 0.2) is 18.3 Å². The third-order valence-corrected chi connectivity index (χ3v) is 1.43. The van der Waals surface area contributed by atoms with Gasteiger partial charge in [-0.05, 0) is 32.4 Å². The second-order valence-electron chi connectivity index (χ2n) is 3.05. The van der Waals surface area contributed by atoms with Gasteiger partial charge in [0.1, 0.15) is 12.1 Å². The van der Waals surface area contributed by atoms with Crippen LogP contribution in [0, 0.1) is 13.8 Å². The van der Waals surface area contributed by atoms with Gasteiger partial charge in [0.05, 0.1) is 6.42 Å². The van der Waals surface area contributed by atoms with E-state index < -0.39 is 0 Å². The minimum absolute atomic E-state index is 0.0556. The summed E-state index contributed by atoms with van der Waals surface area (Å²) in [5.41, 5.74) is 2.30. The zero-order chi connectivity index (χ0) is 11.0. The Bertz CT molecular complexity index is 270. The normalized spacial score (nSPS) is 8.50. The SMILES string of the molecule is CC(=O)CC=O.Cc1ccc(C)nc1. The molecule has 0 unspecified atom stereocenters. The van der Waals surface area contributed by atoms with E-state index in [9.17, 15) is 9.59 Å². The van der Waals surface area contributed by atoms with E-state index in [0.29, 0.717) is 6.29 Å². The molecule has 1 rings (SSSR count). The standard InChI is InChI=1S/C7H9N.C4H6O2/c1-6-3-4-7(2)8-5-6;1-4(6)2-3-5/h3-5H,1-2H3;3H,2H2,1H3. The molecule has 0 saturated carbocycles. The first-order chi connectivity index (χ1) is 6.56. The Hall–Kier alpha value is -1.51. The van der Waals surface area contributed by atoms with Gasteiger partial charge in [0, 0.05) is 11.9 Å². The van der Waals surface area contributed by atoms with Crippen LogP contribution in [-0.2, 0) is 9.59 Å². The molecule has 76 valence electrons. The molecule has 0 N–H and O–H groups in total. The van der Waals surface area contributed by atoms with Crippen LogP contribution in [0.25, 0.3) is 0 Å². The molecule has 0 atom stereocenters. The van der Waals surface area contributed by atoms with Gasteiger partial charge in [-0.2, -0.15) is 0 Å². The van der Waals surface area contributed by atoms with Crippen LogP contribution >= 0.6 is 0 Å². The molecular weight excluding hydrogens is 178 g/mol. The Labute approximate surface area is 84.2 Å². The highest BCUT2D eigenvalue weighted by Gasteiger charge is 1.84. The number of Topliss-reactive ketones (excluding diaryl/α,β-unsaturated/α-hetero) is 1. The van der Waals surface area contributed by atoms with Crippen molar-refractivity contribution in [2.24, 2.45) is 0 Å². The predicted octanol–water partition coefficient (Wildman–Crippen LogP) is 1.86. The maximum Gasteiger partial charge on any atom is 0.136 e. The lowest BCUT2D eigenvalue weighted by atomic mass is 10.3. The van der Waals surface area contributed by atoms with E-state index in [4.69, 9.17) is 0 Å². The zero-order valence-corrected chi connectivity index (χ0v) is 8.78. The van der Waals surface area contributed by atoms with Gasteiger partial charge in [-0.1, -0.05) is 6.07 Å². The Balaban J connectivity index is 0.000000255. The summed E-state index contributed by atoms with van der Waals surface area (Å²) in [5, 5.41) is 0. The van der Waals surface area contributed by atoms with Crippen molar-refractivity contribution in [1.82, 2.24) is 4.98 Å². The van der Waals surface area contributed by atoms with Crippen LogP contribution in [0.1, 0.15) is 24.6 Å². The fourth-order valence-electron chi connectivity index (χ4n) is 0.659. The van der Waals surface area contributed by atoms with Gasteiger partial charge in [0.25, 0.3) is 0 Å². The average molecular weight is 193 g/mol. The second kappa shape index (κ2) is 6.95. The number of pyridine rings is 1. The lowest BCUT2D eigenvalue weighted by molar-refractivity contribution is -0.120. The molecule has 1 aromatic rings. The van der Waals surface area contributed by atoms with Gasteiger partial charge in [0.15, 0.2) is 0 Å². The molecule has 0 aliphatic heterocycles. The smallest absolute Gasteiger partial charge is 0.136 e. The number of ketones is 1. The molecule has 0 saturated heterocycles. The molecule has 0 aliphatic carbocycles. The van der Waals surface area contributed by atoms with Gasteiger partial charge in [-0.25, -0.2) is 0 Å². The van der Waals surface area contributed by atoms with Crippen molar-refractivity contribution in [3.63, 3.8) is 0 Å². The molecule has 0 spiro atoms. The van der Waals surface area contributed by atoms with Crippen molar-refractivity contribution in [2.45, 2.75) is 27.2 Å². The summed E-state index contributed by atoms with van der Waals surface area (Å²) in [6.07, 6.45) is 2.53. The molecule has 1 heterocycles. The van der Waals surface area contributed by atoms with Crippen molar-refractivity contribution in [2.75, 3.05) is 0 Å². The Morgan fingerprint density at radius 1 is 1.43 bits per heavy atom. The maximum absolute atomic E-state index is 9.81. The summed E-state index contributed by atoms with van der Waals surface area (Å²) in [4.78, 5) is 23.3. The molecule has 0 radical (unpaired) electrons. The van der Waals surface area contributed by atoms with Crippen molar-refractivity contribution >= 4 is 12.1 Å². The number of hydrogen-bond acceptors (Lipinski definition) is 3. The van der Waals surface area contributed by atoms with E-state index in [-0.39, 0.29) is 12.2 Å². The molecule has 0 fully saturated rings. The molecule has 14 heavy (non-hydrogen) atoms. The van der Waals surface area contributed by atoms with Crippen molar-refractivity contribution in [1.29, 1.82) is 0 Å². The van der Waals surface area contributed by atoms with E-state index in [0.717, 1.165) is 5.69 Å². The van der Waals surface area contributed by atoms with Crippen LogP contribution in [0.3, 0.4) is 0 Å². The lowest BCUT2D eigenvalue weighted by Crippen LogP contribution is -1.87. The first-order valence-corrected chi connectivity index (χ1v) is 4.38. The minimum atomic E-state index is -0.0787. The number of aromatic nitrogens is 1. The first-order valence-electron chi connectivity index (χ1n) is 4.38. The fourth-order valence-corrected chi connectivity index (χ4v) is 0.659. The summed E-state index contributed by atoms with van der Waals surface area (Å²) < 4.78 is 0. The van der Waals surface area contributed by atoms with E-state index in [1.165, 1.54) is 12.5 Å². The number of aldehydes is 1. The van der Waals surface area contributed by atoms with Crippen LogP contribution in [0.4, 0.5) is 0 Å². The first kappa shape index (κ1) is 12.5. The molecule has 0 amide bonds. The summed E-state index contributed by atoms with van der Waals surface area (Å²) in [6.45, 7) is 5.40.